The zero-order valence-electron chi connectivity index (χ0n) is 11.0. The lowest BCUT2D eigenvalue weighted by molar-refractivity contribution is 0.183. The van der Waals surface area contributed by atoms with E-state index in [1.54, 1.807) is 6.08 Å². The van der Waals surface area contributed by atoms with Crippen molar-refractivity contribution < 1.29 is 9.13 Å². The second kappa shape index (κ2) is 5.04. The summed E-state index contributed by atoms with van der Waals surface area (Å²) in [7, 11) is 0. The highest BCUT2D eigenvalue weighted by atomic mass is 19.1. The number of hydrogen-bond acceptors (Lipinski definition) is 1. The molecular formula is C17H17FO. The average molecular weight is 256 g/mol. The lowest BCUT2D eigenvalue weighted by atomic mass is 9.88. The highest BCUT2D eigenvalue weighted by molar-refractivity contribution is 5.37. The van der Waals surface area contributed by atoms with Gasteiger partial charge < -0.3 is 4.74 Å². The van der Waals surface area contributed by atoms with Gasteiger partial charge in [-0.1, -0.05) is 43.3 Å². The molecule has 0 bridgehead atoms. The van der Waals surface area contributed by atoms with Gasteiger partial charge in [0.15, 0.2) is 0 Å². The van der Waals surface area contributed by atoms with Gasteiger partial charge in [-0.3, -0.25) is 0 Å². The summed E-state index contributed by atoms with van der Waals surface area (Å²) >= 11 is 0. The minimum Gasteiger partial charge on any atom is -0.493 e. The van der Waals surface area contributed by atoms with Crippen LogP contribution < -0.4 is 0 Å². The third-order valence-electron chi connectivity index (χ3n) is 3.78. The zero-order chi connectivity index (χ0) is 13.2. The Labute approximate surface area is 113 Å². The molecule has 19 heavy (non-hydrogen) atoms. The second-order valence-electron chi connectivity index (χ2n) is 5.19. The normalized spacial score (nSPS) is 22.4. The van der Waals surface area contributed by atoms with Crippen LogP contribution in [0.25, 0.3) is 0 Å². The maximum Gasteiger partial charge on any atom is 0.113 e. The van der Waals surface area contributed by atoms with Gasteiger partial charge in [-0.25, -0.2) is 4.39 Å². The predicted molar refractivity (Wildman–Crippen MR) is 74.2 cm³/mol. The van der Waals surface area contributed by atoms with Gasteiger partial charge in [-0.15, -0.1) is 0 Å². The van der Waals surface area contributed by atoms with Crippen LogP contribution in [-0.2, 0) is 11.3 Å². The van der Waals surface area contributed by atoms with Crippen LogP contribution in [-0.4, -0.2) is 0 Å². The van der Waals surface area contributed by atoms with Crippen LogP contribution in [0.5, 0.6) is 0 Å². The van der Waals surface area contributed by atoms with Crippen LogP contribution in [0.15, 0.2) is 59.7 Å². The van der Waals surface area contributed by atoms with E-state index >= 15 is 0 Å². The first-order chi connectivity index (χ1) is 9.24. The Morgan fingerprint density at radius 3 is 3.00 bits per heavy atom. The number of allylic oxidation sites excluding steroid dienone is 5. The molecule has 2 aliphatic rings. The van der Waals surface area contributed by atoms with Crippen molar-refractivity contribution in [3.63, 3.8) is 0 Å². The third-order valence-corrected chi connectivity index (χ3v) is 3.78. The van der Waals surface area contributed by atoms with Crippen molar-refractivity contribution in [3.05, 3.63) is 70.8 Å². The Kier molecular flexibility index (Phi) is 3.24. The molecule has 0 amide bonds. The summed E-state index contributed by atoms with van der Waals surface area (Å²) < 4.78 is 19.4. The molecule has 1 aliphatic heterocycles. The van der Waals surface area contributed by atoms with Crippen molar-refractivity contribution in [3.8, 4) is 0 Å². The molecule has 0 aromatic heterocycles. The lowest BCUT2D eigenvalue weighted by Gasteiger charge is -2.23. The Balaban J connectivity index is 1.97. The highest BCUT2D eigenvalue weighted by Gasteiger charge is 2.20. The first-order valence-corrected chi connectivity index (χ1v) is 6.69. The number of benzene rings is 1. The van der Waals surface area contributed by atoms with E-state index in [9.17, 15) is 4.39 Å². The maximum absolute atomic E-state index is 13.5. The molecule has 3 rings (SSSR count). The standard InChI is InChI=1S/C17H17FO/c1-12-9-13-6-4-7-15(18)10-17(13)19-11-14-5-2-3-8-16(12)14/h2-8,12H,9-11H2,1H3. The Morgan fingerprint density at radius 1 is 1.26 bits per heavy atom. The average Bonchev–Trinajstić information content (AvgIpc) is 2.57. The molecule has 1 heterocycles. The van der Waals surface area contributed by atoms with E-state index in [0.717, 1.165) is 17.8 Å². The first-order valence-electron chi connectivity index (χ1n) is 6.69. The van der Waals surface area contributed by atoms with E-state index in [0.29, 0.717) is 12.5 Å². The summed E-state index contributed by atoms with van der Waals surface area (Å²) in [6, 6.07) is 8.35. The number of fused-ring (bicyclic) bond motifs is 1. The predicted octanol–water partition coefficient (Wildman–Crippen LogP) is 4.78. The van der Waals surface area contributed by atoms with Crippen LogP contribution in [0, 0.1) is 0 Å². The van der Waals surface area contributed by atoms with E-state index in [1.165, 1.54) is 17.2 Å². The number of rotatable bonds is 0. The fourth-order valence-corrected chi connectivity index (χ4v) is 2.76. The number of hydrogen-bond donors (Lipinski definition) is 0. The molecule has 1 aromatic rings. The fraction of sp³-hybridized carbons (Fsp3) is 0.294. The van der Waals surface area contributed by atoms with Crippen LogP contribution in [0.1, 0.15) is 36.8 Å². The molecule has 1 unspecified atom stereocenters. The first kappa shape index (κ1) is 12.2. The van der Waals surface area contributed by atoms with Crippen molar-refractivity contribution in [1.82, 2.24) is 0 Å². The summed E-state index contributed by atoms with van der Waals surface area (Å²) in [5, 5.41) is 0. The van der Waals surface area contributed by atoms with Gasteiger partial charge in [0.05, 0.1) is 6.42 Å². The van der Waals surface area contributed by atoms with Crippen molar-refractivity contribution in [2.45, 2.75) is 32.3 Å². The van der Waals surface area contributed by atoms with E-state index in [2.05, 4.69) is 25.1 Å². The van der Waals surface area contributed by atoms with Crippen LogP contribution in [0.3, 0.4) is 0 Å². The molecule has 0 radical (unpaired) electrons. The maximum atomic E-state index is 13.5. The molecule has 2 heteroatoms. The molecule has 0 spiro atoms. The minimum atomic E-state index is -0.136. The van der Waals surface area contributed by atoms with Gasteiger partial charge in [0.25, 0.3) is 0 Å². The van der Waals surface area contributed by atoms with E-state index < -0.39 is 0 Å². The van der Waals surface area contributed by atoms with Crippen LogP contribution in [0.2, 0.25) is 0 Å². The Morgan fingerprint density at radius 2 is 2.11 bits per heavy atom. The van der Waals surface area contributed by atoms with Crippen molar-refractivity contribution in [2.24, 2.45) is 0 Å². The van der Waals surface area contributed by atoms with Gasteiger partial charge in [0.1, 0.15) is 18.2 Å². The molecule has 0 saturated carbocycles. The molecular weight excluding hydrogens is 239 g/mol. The smallest absolute Gasteiger partial charge is 0.113 e. The molecule has 0 fully saturated rings. The van der Waals surface area contributed by atoms with Gasteiger partial charge in [-0.05, 0) is 35.1 Å². The monoisotopic (exact) mass is 256 g/mol. The quantitative estimate of drug-likeness (QED) is 0.649. The second-order valence-corrected chi connectivity index (χ2v) is 5.19. The van der Waals surface area contributed by atoms with Crippen molar-refractivity contribution >= 4 is 0 Å². The van der Waals surface area contributed by atoms with Gasteiger partial charge in [0.2, 0.25) is 0 Å². The summed E-state index contributed by atoms with van der Waals surface area (Å²) in [6.45, 7) is 2.75. The summed E-state index contributed by atoms with van der Waals surface area (Å²) in [4.78, 5) is 0. The van der Waals surface area contributed by atoms with E-state index in [4.69, 9.17) is 4.74 Å². The van der Waals surface area contributed by atoms with E-state index in [1.807, 2.05) is 12.1 Å². The molecule has 0 N–H and O–H groups in total. The van der Waals surface area contributed by atoms with Crippen molar-refractivity contribution in [2.75, 3.05) is 0 Å². The van der Waals surface area contributed by atoms with Crippen LogP contribution >= 0.6 is 0 Å². The Bertz CT molecular complexity index is 581. The summed E-state index contributed by atoms with van der Waals surface area (Å²) in [5.74, 6) is 1.07. The summed E-state index contributed by atoms with van der Waals surface area (Å²) in [5.41, 5.74) is 3.66. The molecule has 1 aliphatic carbocycles. The molecule has 1 aromatic carbocycles. The number of halogens is 1. The zero-order valence-corrected chi connectivity index (χ0v) is 11.0. The van der Waals surface area contributed by atoms with Gasteiger partial charge in [-0.2, -0.15) is 0 Å². The highest BCUT2D eigenvalue weighted by Crippen LogP contribution is 2.34. The lowest BCUT2D eigenvalue weighted by Crippen LogP contribution is -2.08. The van der Waals surface area contributed by atoms with Gasteiger partial charge in [0, 0.05) is 0 Å². The van der Waals surface area contributed by atoms with Crippen molar-refractivity contribution in [1.29, 1.82) is 0 Å². The summed E-state index contributed by atoms with van der Waals surface area (Å²) in [6.07, 6.45) is 6.45. The molecule has 1 atom stereocenters. The minimum absolute atomic E-state index is 0.136. The fourth-order valence-electron chi connectivity index (χ4n) is 2.76. The van der Waals surface area contributed by atoms with E-state index in [-0.39, 0.29) is 12.2 Å². The third kappa shape index (κ3) is 2.48. The molecule has 0 saturated heterocycles. The molecule has 98 valence electrons. The Hall–Kier alpha value is -1.83. The topological polar surface area (TPSA) is 9.23 Å². The van der Waals surface area contributed by atoms with Crippen LogP contribution in [0.4, 0.5) is 4.39 Å². The largest absolute Gasteiger partial charge is 0.493 e. The number of ether oxygens (including phenoxy) is 1. The molecule has 1 nitrogen and oxygen atoms in total. The SMILES string of the molecule is CC1CC2=C(CC(F)=CC=C2)OCc2ccccc21. The van der Waals surface area contributed by atoms with Gasteiger partial charge >= 0.3 is 0 Å².